The van der Waals surface area contributed by atoms with E-state index in [9.17, 15) is 4.79 Å². The lowest BCUT2D eigenvalue weighted by atomic mass is 10.1. The molecule has 0 atom stereocenters. The van der Waals surface area contributed by atoms with Crippen LogP contribution in [0.1, 0.15) is 24.4 Å². The summed E-state index contributed by atoms with van der Waals surface area (Å²) in [6.45, 7) is 2.07. The molecule has 0 aliphatic carbocycles. The lowest BCUT2D eigenvalue weighted by Gasteiger charge is -2.23. The highest BCUT2D eigenvalue weighted by atomic mass is 16.5. The van der Waals surface area contributed by atoms with E-state index < -0.39 is 0 Å². The van der Waals surface area contributed by atoms with Crippen LogP contribution in [0, 0.1) is 0 Å². The number of benzene rings is 1. The highest BCUT2D eigenvalue weighted by Crippen LogP contribution is 2.41. The van der Waals surface area contributed by atoms with E-state index in [0.717, 1.165) is 42.6 Å². The number of methoxy groups -OCH3 is 2. The monoisotopic (exact) mass is 411 g/mol. The lowest BCUT2D eigenvalue weighted by molar-refractivity contribution is 0.0695. The zero-order valence-corrected chi connectivity index (χ0v) is 17.4. The minimum Gasteiger partial charge on any atom is -0.493 e. The Hall–Kier alpha value is -3.07. The van der Waals surface area contributed by atoms with Crippen molar-refractivity contribution in [2.75, 3.05) is 38.9 Å². The molecule has 158 valence electrons. The Labute approximate surface area is 173 Å². The average Bonchev–Trinajstić information content (AvgIpc) is 3.31. The summed E-state index contributed by atoms with van der Waals surface area (Å²) < 4.78 is 19.8. The predicted molar refractivity (Wildman–Crippen MR) is 112 cm³/mol. The first-order valence-corrected chi connectivity index (χ1v) is 10.2. The van der Waals surface area contributed by atoms with Crippen LogP contribution >= 0.6 is 0 Å². The van der Waals surface area contributed by atoms with Gasteiger partial charge in [-0.25, -0.2) is 9.78 Å². The van der Waals surface area contributed by atoms with Crippen molar-refractivity contribution < 1.29 is 14.2 Å². The highest BCUT2D eigenvalue weighted by Gasteiger charge is 2.28. The van der Waals surface area contributed by atoms with Crippen LogP contribution in [0.4, 0.5) is 11.6 Å². The van der Waals surface area contributed by atoms with E-state index in [1.807, 2.05) is 16.7 Å². The van der Waals surface area contributed by atoms with Gasteiger partial charge in [0, 0.05) is 38.9 Å². The van der Waals surface area contributed by atoms with Gasteiger partial charge in [-0.15, -0.1) is 0 Å². The quantitative estimate of drug-likeness (QED) is 0.651. The first kappa shape index (κ1) is 18.9. The number of hydrogen-bond donors (Lipinski definition) is 0. The Morgan fingerprint density at radius 3 is 2.60 bits per heavy atom. The highest BCUT2D eigenvalue weighted by molar-refractivity contribution is 5.75. The Bertz CT molecular complexity index is 1160. The van der Waals surface area contributed by atoms with Gasteiger partial charge in [0.25, 0.3) is 0 Å². The van der Waals surface area contributed by atoms with Gasteiger partial charge in [-0.1, -0.05) is 0 Å². The summed E-state index contributed by atoms with van der Waals surface area (Å²) in [5.74, 6) is 1.97. The van der Waals surface area contributed by atoms with Gasteiger partial charge in [-0.05, 0) is 30.9 Å². The first-order chi connectivity index (χ1) is 14.6. The molecule has 9 heteroatoms. The number of ether oxygens (including phenoxy) is 3. The zero-order chi connectivity index (χ0) is 20.8. The van der Waals surface area contributed by atoms with Crippen molar-refractivity contribution in [3.8, 4) is 11.5 Å². The molecule has 1 fully saturated rings. The fourth-order valence-corrected chi connectivity index (χ4v) is 4.45. The molecule has 2 aliphatic rings. The third kappa shape index (κ3) is 2.84. The van der Waals surface area contributed by atoms with E-state index in [4.69, 9.17) is 19.2 Å². The maximum Gasteiger partial charge on any atom is 0.330 e. The molecule has 0 bridgehead atoms. The molecule has 3 aromatic rings. The maximum absolute atomic E-state index is 12.9. The molecule has 30 heavy (non-hydrogen) atoms. The van der Waals surface area contributed by atoms with Crippen LogP contribution in [-0.4, -0.2) is 53.1 Å². The summed E-state index contributed by atoms with van der Waals surface area (Å²) in [6, 6.07) is 4.06. The third-order valence-corrected chi connectivity index (χ3v) is 6.10. The zero-order valence-electron chi connectivity index (χ0n) is 17.4. The predicted octanol–water partition coefficient (Wildman–Crippen LogP) is 2.19. The van der Waals surface area contributed by atoms with Crippen molar-refractivity contribution in [3.63, 3.8) is 0 Å². The molecule has 0 amide bonds. The smallest absolute Gasteiger partial charge is 0.330 e. The van der Waals surface area contributed by atoms with Gasteiger partial charge in [0.2, 0.25) is 5.95 Å². The Morgan fingerprint density at radius 2 is 1.87 bits per heavy atom. The summed E-state index contributed by atoms with van der Waals surface area (Å²) in [5, 5.41) is 0. The van der Waals surface area contributed by atoms with Crippen molar-refractivity contribution in [3.05, 3.63) is 34.4 Å². The first-order valence-electron chi connectivity index (χ1n) is 10.2. The summed E-state index contributed by atoms with van der Waals surface area (Å²) in [7, 11) is 5.04. The normalized spacial score (nSPS) is 16.8. The molecule has 1 saturated heterocycles. The Balaban J connectivity index is 1.61. The standard InChI is InChI=1S/C21H25N5O4/c1-24-16-12-22-20(23-19(16)26(21(24)27)14-5-8-30-9-6-14)25-7-4-13-10-17(28-2)18(29-3)11-15(13)25/h10-12,14H,4-9H2,1-3H3. The van der Waals surface area contributed by atoms with Crippen LogP contribution in [0.15, 0.2) is 23.1 Å². The van der Waals surface area contributed by atoms with Crippen molar-refractivity contribution in [2.24, 2.45) is 7.05 Å². The summed E-state index contributed by atoms with van der Waals surface area (Å²) in [6.07, 6.45) is 4.22. The Kier molecular flexibility index (Phi) is 4.62. The SMILES string of the molecule is COc1cc2c(cc1OC)N(c1ncc3c(n1)n(C1CCOCC1)c(=O)n3C)CC2. The molecule has 0 radical (unpaired) electrons. The minimum atomic E-state index is -0.0587. The van der Waals surface area contributed by atoms with Gasteiger partial charge >= 0.3 is 5.69 Å². The van der Waals surface area contributed by atoms with Crippen LogP contribution < -0.4 is 20.1 Å². The van der Waals surface area contributed by atoms with E-state index in [1.54, 1.807) is 32.0 Å². The van der Waals surface area contributed by atoms with Gasteiger partial charge < -0.3 is 19.1 Å². The lowest BCUT2D eigenvalue weighted by Crippen LogP contribution is -2.30. The molecule has 5 rings (SSSR count). The van der Waals surface area contributed by atoms with Crippen molar-refractivity contribution in [2.45, 2.75) is 25.3 Å². The summed E-state index contributed by atoms with van der Waals surface area (Å²) >= 11 is 0. The minimum absolute atomic E-state index is 0.0587. The molecular formula is C21H25N5O4. The second kappa shape index (κ2) is 7.32. The molecule has 9 nitrogen and oxygen atoms in total. The number of aromatic nitrogens is 4. The molecular weight excluding hydrogens is 386 g/mol. The van der Waals surface area contributed by atoms with Gasteiger partial charge in [-0.3, -0.25) is 9.13 Å². The molecule has 0 saturated carbocycles. The second-order valence-corrected chi connectivity index (χ2v) is 7.67. The fourth-order valence-electron chi connectivity index (χ4n) is 4.45. The van der Waals surface area contributed by atoms with Crippen LogP contribution in [0.2, 0.25) is 0 Å². The maximum atomic E-state index is 12.9. The topological polar surface area (TPSA) is 83.6 Å². The van der Waals surface area contributed by atoms with E-state index in [0.29, 0.717) is 36.3 Å². The molecule has 1 aromatic carbocycles. The van der Waals surface area contributed by atoms with Crippen molar-refractivity contribution >= 4 is 22.8 Å². The van der Waals surface area contributed by atoms with E-state index >= 15 is 0 Å². The summed E-state index contributed by atoms with van der Waals surface area (Å²) in [4.78, 5) is 24.5. The second-order valence-electron chi connectivity index (χ2n) is 7.67. The molecule has 0 unspecified atom stereocenters. The molecule has 0 N–H and O–H groups in total. The van der Waals surface area contributed by atoms with E-state index in [-0.39, 0.29) is 11.7 Å². The number of aryl methyl sites for hydroxylation is 1. The van der Waals surface area contributed by atoms with Crippen LogP contribution in [-0.2, 0) is 18.2 Å². The molecule has 0 spiro atoms. The average molecular weight is 411 g/mol. The van der Waals surface area contributed by atoms with E-state index in [1.165, 1.54) is 0 Å². The Morgan fingerprint density at radius 1 is 1.13 bits per heavy atom. The largest absolute Gasteiger partial charge is 0.493 e. The fraction of sp³-hybridized carbons (Fsp3) is 0.476. The van der Waals surface area contributed by atoms with Crippen LogP contribution in [0.3, 0.4) is 0 Å². The number of hydrogen-bond acceptors (Lipinski definition) is 7. The van der Waals surface area contributed by atoms with Gasteiger partial charge in [0.15, 0.2) is 17.1 Å². The number of fused-ring (bicyclic) bond motifs is 2. The van der Waals surface area contributed by atoms with Gasteiger partial charge in [-0.2, -0.15) is 4.98 Å². The van der Waals surface area contributed by atoms with Gasteiger partial charge in [0.05, 0.1) is 26.1 Å². The third-order valence-electron chi connectivity index (χ3n) is 6.10. The number of nitrogens with zero attached hydrogens (tertiary/aromatic N) is 5. The van der Waals surface area contributed by atoms with Crippen molar-refractivity contribution in [1.82, 2.24) is 19.1 Å². The van der Waals surface area contributed by atoms with Crippen LogP contribution in [0.5, 0.6) is 11.5 Å². The summed E-state index contributed by atoms with van der Waals surface area (Å²) in [5.41, 5.74) is 3.51. The molecule has 2 aromatic heterocycles. The van der Waals surface area contributed by atoms with Gasteiger partial charge in [0.1, 0.15) is 5.52 Å². The molecule has 2 aliphatic heterocycles. The number of anilines is 2. The van der Waals surface area contributed by atoms with Crippen LogP contribution in [0.25, 0.3) is 11.2 Å². The van der Waals surface area contributed by atoms with Crippen molar-refractivity contribution in [1.29, 1.82) is 0 Å². The number of imidazole rings is 1. The number of rotatable bonds is 4. The van der Waals surface area contributed by atoms with E-state index in [2.05, 4.69) is 9.88 Å². The molecule has 4 heterocycles.